The molecule has 0 bridgehead atoms. The van der Waals surface area contributed by atoms with Gasteiger partial charge in [-0.25, -0.2) is 4.39 Å². The molecule has 7 heteroatoms. The van der Waals surface area contributed by atoms with Crippen molar-refractivity contribution in [1.82, 2.24) is 5.32 Å². The third-order valence-electron chi connectivity index (χ3n) is 5.86. The Hall–Kier alpha value is -1.66. The molecule has 0 amide bonds. The average Bonchev–Trinajstić information content (AvgIpc) is 2.92. The van der Waals surface area contributed by atoms with Crippen LogP contribution in [-0.2, 0) is 10.3 Å². The maximum absolute atomic E-state index is 15.1. The van der Waals surface area contributed by atoms with Crippen molar-refractivity contribution in [2.45, 2.75) is 57.7 Å². The zero-order valence-electron chi connectivity index (χ0n) is 17.5. The van der Waals surface area contributed by atoms with E-state index in [1.54, 1.807) is 24.3 Å². The fraction of sp³-hybridized carbons (Fsp3) is 0.435. The van der Waals surface area contributed by atoms with Crippen molar-refractivity contribution >= 4 is 29.2 Å². The molecule has 162 valence electrons. The van der Waals surface area contributed by atoms with Crippen molar-refractivity contribution in [2.75, 3.05) is 0 Å². The van der Waals surface area contributed by atoms with E-state index in [4.69, 9.17) is 28.9 Å². The van der Waals surface area contributed by atoms with Gasteiger partial charge in [0.15, 0.2) is 0 Å². The number of halogens is 3. The molecule has 2 aromatic carbocycles. The zero-order valence-corrected chi connectivity index (χ0v) is 19.0. The maximum atomic E-state index is 15.1. The maximum Gasteiger partial charge on any atom is 0.321 e. The lowest BCUT2D eigenvalue weighted by Gasteiger charge is -2.40. The predicted molar refractivity (Wildman–Crippen MR) is 119 cm³/mol. The number of carbonyl (C=O) groups is 1. The van der Waals surface area contributed by atoms with Gasteiger partial charge in [-0.2, -0.15) is 0 Å². The van der Waals surface area contributed by atoms with E-state index in [0.717, 1.165) is 5.56 Å². The van der Waals surface area contributed by atoms with Gasteiger partial charge in [-0.3, -0.25) is 10.1 Å². The summed E-state index contributed by atoms with van der Waals surface area (Å²) < 4.78 is 15.1. The van der Waals surface area contributed by atoms with Gasteiger partial charge in [0, 0.05) is 17.0 Å². The van der Waals surface area contributed by atoms with Gasteiger partial charge in [-0.05, 0) is 47.6 Å². The van der Waals surface area contributed by atoms with Gasteiger partial charge >= 0.3 is 5.97 Å². The Kier molecular flexibility index (Phi) is 6.23. The number of nitrogens with two attached hydrogens (primary N) is 1. The smallest absolute Gasteiger partial charge is 0.321 e. The summed E-state index contributed by atoms with van der Waals surface area (Å²) in [6, 6.07) is 8.53. The van der Waals surface area contributed by atoms with E-state index in [1.165, 1.54) is 6.07 Å². The molecule has 4 nitrogen and oxygen atoms in total. The van der Waals surface area contributed by atoms with Crippen molar-refractivity contribution in [3.05, 3.63) is 69.0 Å². The molecule has 0 aromatic heterocycles. The van der Waals surface area contributed by atoms with E-state index in [1.807, 2.05) is 13.0 Å². The highest BCUT2D eigenvalue weighted by Crippen LogP contribution is 2.49. The Morgan fingerprint density at radius 3 is 2.47 bits per heavy atom. The van der Waals surface area contributed by atoms with Gasteiger partial charge in [0.1, 0.15) is 11.9 Å². The summed E-state index contributed by atoms with van der Waals surface area (Å²) in [5.74, 6) is -2.60. The number of rotatable bonds is 4. The van der Waals surface area contributed by atoms with Crippen LogP contribution in [0.25, 0.3) is 0 Å². The molecule has 1 aliphatic rings. The molecule has 3 rings (SSSR count). The molecule has 1 fully saturated rings. The number of carboxylic acids is 1. The van der Waals surface area contributed by atoms with Crippen molar-refractivity contribution < 1.29 is 14.3 Å². The second-order valence-electron chi connectivity index (χ2n) is 9.32. The van der Waals surface area contributed by atoms with Gasteiger partial charge in [-0.15, -0.1) is 0 Å². The van der Waals surface area contributed by atoms with Crippen molar-refractivity contribution in [2.24, 2.45) is 11.1 Å². The molecule has 1 aliphatic heterocycles. The van der Waals surface area contributed by atoms with Gasteiger partial charge in [0.25, 0.3) is 0 Å². The molecule has 4 N–H and O–H groups in total. The largest absolute Gasteiger partial charge is 0.480 e. The molecule has 1 saturated heterocycles. The minimum Gasteiger partial charge on any atom is -0.480 e. The fourth-order valence-corrected chi connectivity index (χ4v) is 4.79. The average molecular weight is 453 g/mol. The predicted octanol–water partition coefficient (Wildman–Crippen LogP) is 5.24. The first-order valence-corrected chi connectivity index (χ1v) is 10.6. The van der Waals surface area contributed by atoms with Gasteiger partial charge < -0.3 is 10.8 Å². The molecule has 0 radical (unpaired) electrons. The van der Waals surface area contributed by atoms with E-state index < -0.39 is 35.3 Å². The first-order chi connectivity index (χ1) is 13.9. The molecule has 0 aliphatic carbocycles. The van der Waals surface area contributed by atoms with Crippen LogP contribution in [0, 0.1) is 18.2 Å². The number of hydrogen-bond donors (Lipinski definition) is 3. The second kappa shape index (κ2) is 8.12. The Morgan fingerprint density at radius 2 is 1.90 bits per heavy atom. The number of aryl methyl sites for hydroxylation is 1. The van der Waals surface area contributed by atoms with E-state index >= 15 is 4.39 Å². The van der Waals surface area contributed by atoms with Crippen LogP contribution in [0.3, 0.4) is 0 Å². The van der Waals surface area contributed by atoms with E-state index in [0.29, 0.717) is 17.0 Å². The van der Waals surface area contributed by atoms with Gasteiger partial charge in [0.2, 0.25) is 0 Å². The number of aliphatic carboxylic acids is 1. The minimum absolute atomic E-state index is 0.0643. The third kappa shape index (κ3) is 4.09. The number of carboxylic acid groups (broad SMARTS) is 1. The highest BCUT2D eigenvalue weighted by Gasteiger charge is 2.57. The molecular weight excluding hydrogens is 426 g/mol. The number of benzene rings is 2. The van der Waals surface area contributed by atoms with Gasteiger partial charge in [0.05, 0.1) is 10.6 Å². The Morgan fingerprint density at radius 1 is 1.23 bits per heavy atom. The first-order valence-electron chi connectivity index (χ1n) is 9.84. The van der Waals surface area contributed by atoms with Crippen LogP contribution in [0.4, 0.5) is 4.39 Å². The lowest BCUT2D eigenvalue weighted by atomic mass is 9.68. The van der Waals surface area contributed by atoms with Crippen LogP contribution in [0.1, 0.15) is 49.8 Å². The lowest BCUT2D eigenvalue weighted by molar-refractivity contribution is -0.139. The first kappa shape index (κ1) is 23.0. The highest BCUT2D eigenvalue weighted by atomic mass is 35.5. The number of nitrogens with one attached hydrogen (secondary N) is 1. The monoisotopic (exact) mass is 452 g/mol. The standard InChI is InChI=1S/C23H27Cl2FN2O2/c1-12-10-13(8-9-15(12)24)23(27)17(11-22(2,3)4)28-20(21(29)30)18(23)14-6-5-7-16(25)19(14)26/h5-10,17-18,20,28H,11,27H2,1-4H3,(H,29,30). The molecular formula is C23H27Cl2FN2O2. The van der Waals surface area contributed by atoms with Crippen LogP contribution in [0.2, 0.25) is 10.0 Å². The molecule has 1 heterocycles. The normalized spacial score (nSPS) is 26.7. The summed E-state index contributed by atoms with van der Waals surface area (Å²) in [5, 5.41) is 13.7. The van der Waals surface area contributed by atoms with Crippen LogP contribution >= 0.6 is 23.2 Å². The number of hydrogen-bond acceptors (Lipinski definition) is 3. The van der Waals surface area contributed by atoms with Gasteiger partial charge in [-0.1, -0.05) is 68.2 Å². The topological polar surface area (TPSA) is 75.3 Å². The van der Waals surface area contributed by atoms with E-state index in [9.17, 15) is 9.90 Å². The van der Waals surface area contributed by atoms with Crippen molar-refractivity contribution in [3.8, 4) is 0 Å². The summed E-state index contributed by atoms with van der Waals surface area (Å²) in [5.41, 5.74) is 7.47. The highest BCUT2D eigenvalue weighted by molar-refractivity contribution is 6.31. The quantitative estimate of drug-likeness (QED) is 0.592. The minimum atomic E-state index is -1.20. The molecule has 0 spiro atoms. The Balaban J connectivity index is 2.28. The summed E-state index contributed by atoms with van der Waals surface area (Å²) >= 11 is 12.3. The Bertz CT molecular complexity index is 976. The molecule has 0 saturated carbocycles. The third-order valence-corrected chi connectivity index (χ3v) is 6.58. The van der Waals surface area contributed by atoms with Crippen LogP contribution in [0.15, 0.2) is 36.4 Å². The summed E-state index contributed by atoms with van der Waals surface area (Å²) in [6.07, 6.45) is 0.591. The summed E-state index contributed by atoms with van der Waals surface area (Å²) in [6.45, 7) is 8.04. The lowest BCUT2D eigenvalue weighted by Crippen LogP contribution is -2.52. The van der Waals surface area contributed by atoms with Crippen LogP contribution in [-0.4, -0.2) is 23.2 Å². The van der Waals surface area contributed by atoms with E-state index in [-0.39, 0.29) is 16.0 Å². The van der Waals surface area contributed by atoms with Crippen LogP contribution < -0.4 is 11.1 Å². The molecule has 4 unspecified atom stereocenters. The van der Waals surface area contributed by atoms with E-state index in [2.05, 4.69) is 26.1 Å². The molecule has 2 aromatic rings. The zero-order chi connectivity index (χ0) is 22.4. The molecule has 30 heavy (non-hydrogen) atoms. The van der Waals surface area contributed by atoms with Crippen molar-refractivity contribution in [3.63, 3.8) is 0 Å². The van der Waals surface area contributed by atoms with Crippen molar-refractivity contribution in [1.29, 1.82) is 0 Å². The van der Waals surface area contributed by atoms with Crippen LogP contribution in [0.5, 0.6) is 0 Å². The molecule has 4 atom stereocenters. The Labute approximate surface area is 186 Å². The summed E-state index contributed by atoms with van der Waals surface area (Å²) in [7, 11) is 0. The fourth-order valence-electron chi connectivity index (χ4n) is 4.49. The summed E-state index contributed by atoms with van der Waals surface area (Å²) in [4.78, 5) is 12.2. The second-order valence-corrected chi connectivity index (χ2v) is 10.1. The SMILES string of the molecule is Cc1cc(C2(N)C(CC(C)(C)C)NC(C(=O)O)C2c2cccc(Cl)c2F)ccc1Cl.